The molecule has 1 aromatic carbocycles. The third-order valence-electron chi connectivity index (χ3n) is 3.65. The molecular weight excluding hydrogens is 256 g/mol. The molecule has 2 rings (SSSR count). The van der Waals surface area contributed by atoms with Gasteiger partial charge in [-0.25, -0.2) is 0 Å². The minimum absolute atomic E-state index is 0.157. The van der Waals surface area contributed by atoms with Gasteiger partial charge < -0.3 is 20.1 Å². The second-order valence-electron chi connectivity index (χ2n) is 5.46. The van der Waals surface area contributed by atoms with E-state index in [1.807, 2.05) is 31.1 Å². The van der Waals surface area contributed by atoms with Gasteiger partial charge in [-0.2, -0.15) is 0 Å². The summed E-state index contributed by atoms with van der Waals surface area (Å²) in [5.74, 6) is -0.157. The van der Waals surface area contributed by atoms with Crippen LogP contribution in [-0.4, -0.2) is 50.5 Å². The Morgan fingerprint density at radius 1 is 1.30 bits per heavy atom. The van der Waals surface area contributed by atoms with E-state index in [1.54, 1.807) is 12.1 Å². The van der Waals surface area contributed by atoms with Gasteiger partial charge in [0.25, 0.3) is 5.91 Å². The van der Waals surface area contributed by atoms with Gasteiger partial charge in [-0.1, -0.05) is 0 Å². The first-order chi connectivity index (χ1) is 9.50. The van der Waals surface area contributed by atoms with Crippen LogP contribution in [0.2, 0.25) is 0 Å². The SMILES string of the molecule is CN(C)c1ccc(C(=O)NCC2(O)CCOCC2)cc1. The summed E-state index contributed by atoms with van der Waals surface area (Å²) in [6, 6.07) is 7.38. The highest BCUT2D eigenvalue weighted by molar-refractivity contribution is 5.94. The number of rotatable bonds is 4. The topological polar surface area (TPSA) is 61.8 Å². The van der Waals surface area contributed by atoms with Crippen molar-refractivity contribution in [3.8, 4) is 0 Å². The van der Waals surface area contributed by atoms with E-state index >= 15 is 0 Å². The van der Waals surface area contributed by atoms with Crippen LogP contribution in [0.3, 0.4) is 0 Å². The molecule has 1 aliphatic heterocycles. The summed E-state index contributed by atoms with van der Waals surface area (Å²) in [4.78, 5) is 14.0. The average molecular weight is 278 g/mol. The highest BCUT2D eigenvalue weighted by Gasteiger charge is 2.30. The predicted octanol–water partition coefficient (Wildman–Crippen LogP) is 1.02. The molecule has 1 aliphatic rings. The number of carbonyl (C=O) groups excluding carboxylic acids is 1. The normalized spacial score (nSPS) is 17.6. The lowest BCUT2D eigenvalue weighted by Crippen LogP contribution is -2.46. The van der Waals surface area contributed by atoms with Crippen molar-refractivity contribution in [2.75, 3.05) is 38.8 Å². The molecule has 1 fully saturated rings. The first-order valence-electron chi connectivity index (χ1n) is 6.86. The van der Waals surface area contributed by atoms with Crippen molar-refractivity contribution < 1.29 is 14.6 Å². The molecule has 0 atom stereocenters. The third-order valence-corrected chi connectivity index (χ3v) is 3.65. The molecule has 0 bridgehead atoms. The maximum absolute atomic E-state index is 12.0. The molecule has 0 saturated carbocycles. The number of aliphatic hydroxyl groups is 1. The Kier molecular flexibility index (Phi) is 4.62. The summed E-state index contributed by atoms with van der Waals surface area (Å²) in [5.41, 5.74) is 0.813. The van der Waals surface area contributed by atoms with Crippen molar-refractivity contribution in [3.63, 3.8) is 0 Å². The quantitative estimate of drug-likeness (QED) is 0.863. The van der Waals surface area contributed by atoms with Gasteiger partial charge in [0.2, 0.25) is 0 Å². The van der Waals surface area contributed by atoms with Crippen LogP contribution in [-0.2, 0) is 4.74 Å². The van der Waals surface area contributed by atoms with Gasteiger partial charge in [0, 0.05) is 57.9 Å². The van der Waals surface area contributed by atoms with Gasteiger partial charge in [-0.15, -0.1) is 0 Å². The lowest BCUT2D eigenvalue weighted by molar-refractivity contribution is -0.0605. The van der Waals surface area contributed by atoms with Crippen molar-refractivity contribution in [1.29, 1.82) is 0 Å². The van der Waals surface area contributed by atoms with Gasteiger partial charge in [0.15, 0.2) is 0 Å². The van der Waals surface area contributed by atoms with Crippen molar-refractivity contribution >= 4 is 11.6 Å². The Morgan fingerprint density at radius 3 is 2.45 bits per heavy atom. The summed E-state index contributed by atoms with van der Waals surface area (Å²) < 4.78 is 5.21. The van der Waals surface area contributed by atoms with E-state index in [9.17, 15) is 9.90 Å². The lowest BCUT2D eigenvalue weighted by atomic mass is 9.94. The first-order valence-corrected chi connectivity index (χ1v) is 6.86. The smallest absolute Gasteiger partial charge is 0.251 e. The summed E-state index contributed by atoms with van der Waals surface area (Å²) in [5, 5.41) is 13.1. The van der Waals surface area contributed by atoms with Crippen molar-refractivity contribution in [2.45, 2.75) is 18.4 Å². The molecule has 0 radical (unpaired) electrons. The van der Waals surface area contributed by atoms with Crippen LogP contribution < -0.4 is 10.2 Å². The number of benzene rings is 1. The molecule has 1 aromatic rings. The minimum atomic E-state index is -0.836. The summed E-state index contributed by atoms with van der Waals surface area (Å²) in [6.07, 6.45) is 1.12. The molecule has 0 spiro atoms. The summed E-state index contributed by atoms with van der Waals surface area (Å²) in [7, 11) is 3.91. The monoisotopic (exact) mass is 278 g/mol. The van der Waals surface area contributed by atoms with E-state index in [-0.39, 0.29) is 12.5 Å². The second-order valence-corrected chi connectivity index (χ2v) is 5.46. The van der Waals surface area contributed by atoms with Gasteiger partial charge in [0.1, 0.15) is 0 Å². The summed E-state index contributed by atoms with van der Waals surface area (Å²) in [6.45, 7) is 1.36. The Bertz CT molecular complexity index is 451. The molecule has 1 heterocycles. The fourth-order valence-corrected chi connectivity index (χ4v) is 2.19. The number of ether oxygens (including phenoxy) is 1. The van der Waals surface area contributed by atoms with Crippen LogP contribution in [0.4, 0.5) is 5.69 Å². The van der Waals surface area contributed by atoms with Crippen LogP contribution in [0, 0.1) is 0 Å². The number of hydrogen-bond acceptors (Lipinski definition) is 4. The van der Waals surface area contributed by atoms with E-state index < -0.39 is 5.60 Å². The molecule has 0 unspecified atom stereocenters. The van der Waals surface area contributed by atoms with Crippen LogP contribution in [0.5, 0.6) is 0 Å². The average Bonchev–Trinajstić information content (AvgIpc) is 2.46. The number of amides is 1. The largest absolute Gasteiger partial charge is 0.388 e. The molecule has 5 nitrogen and oxygen atoms in total. The number of anilines is 1. The second kappa shape index (κ2) is 6.24. The number of nitrogens with one attached hydrogen (secondary N) is 1. The molecule has 2 N–H and O–H groups in total. The maximum Gasteiger partial charge on any atom is 0.251 e. The van der Waals surface area contributed by atoms with Crippen LogP contribution in [0.15, 0.2) is 24.3 Å². The molecular formula is C15H22N2O3. The standard InChI is InChI=1S/C15H22N2O3/c1-17(2)13-5-3-12(4-6-13)14(18)16-11-15(19)7-9-20-10-8-15/h3-6,19H,7-11H2,1-2H3,(H,16,18). The third kappa shape index (κ3) is 3.71. The number of hydrogen-bond donors (Lipinski definition) is 2. The van der Waals surface area contributed by atoms with E-state index in [0.717, 1.165) is 5.69 Å². The Hall–Kier alpha value is -1.59. The van der Waals surface area contributed by atoms with E-state index in [4.69, 9.17) is 4.74 Å². The first kappa shape index (κ1) is 14.8. The molecule has 20 heavy (non-hydrogen) atoms. The van der Waals surface area contributed by atoms with Crippen LogP contribution >= 0.6 is 0 Å². The van der Waals surface area contributed by atoms with Crippen LogP contribution in [0.25, 0.3) is 0 Å². The van der Waals surface area contributed by atoms with Gasteiger partial charge >= 0.3 is 0 Å². The van der Waals surface area contributed by atoms with E-state index in [2.05, 4.69) is 5.32 Å². The fourth-order valence-electron chi connectivity index (χ4n) is 2.19. The molecule has 0 aromatic heterocycles. The zero-order valence-corrected chi connectivity index (χ0v) is 12.1. The minimum Gasteiger partial charge on any atom is -0.388 e. The molecule has 5 heteroatoms. The Labute approximate surface area is 119 Å². The maximum atomic E-state index is 12.0. The molecule has 0 aliphatic carbocycles. The Morgan fingerprint density at radius 2 is 1.90 bits per heavy atom. The predicted molar refractivity (Wildman–Crippen MR) is 78.1 cm³/mol. The van der Waals surface area contributed by atoms with Gasteiger partial charge in [-0.05, 0) is 24.3 Å². The van der Waals surface area contributed by atoms with Gasteiger partial charge in [0.05, 0.1) is 5.60 Å². The number of carbonyl (C=O) groups is 1. The van der Waals surface area contributed by atoms with Crippen molar-refractivity contribution in [1.82, 2.24) is 5.32 Å². The Balaban J connectivity index is 1.91. The highest BCUT2D eigenvalue weighted by atomic mass is 16.5. The lowest BCUT2D eigenvalue weighted by Gasteiger charge is -2.32. The fraction of sp³-hybridized carbons (Fsp3) is 0.533. The number of nitrogens with zero attached hydrogens (tertiary/aromatic N) is 1. The van der Waals surface area contributed by atoms with E-state index in [0.29, 0.717) is 31.6 Å². The zero-order valence-electron chi connectivity index (χ0n) is 12.1. The highest BCUT2D eigenvalue weighted by Crippen LogP contribution is 2.19. The molecule has 110 valence electrons. The van der Waals surface area contributed by atoms with Crippen molar-refractivity contribution in [3.05, 3.63) is 29.8 Å². The van der Waals surface area contributed by atoms with Crippen molar-refractivity contribution in [2.24, 2.45) is 0 Å². The van der Waals surface area contributed by atoms with Crippen LogP contribution in [0.1, 0.15) is 23.2 Å². The molecule has 1 saturated heterocycles. The zero-order chi connectivity index (χ0) is 14.6. The van der Waals surface area contributed by atoms with Gasteiger partial charge in [-0.3, -0.25) is 4.79 Å². The van der Waals surface area contributed by atoms with E-state index in [1.165, 1.54) is 0 Å². The molecule has 1 amide bonds. The summed E-state index contributed by atoms with van der Waals surface area (Å²) >= 11 is 0.